The van der Waals surface area contributed by atoms with Crippen molar-refractivity contribution in [2.75, 3.05) is 14.2 Å². The highest BCUT2D eigenvalue weighted by atomic mass is 28.4. The number of alkyl halides is 7. The second-order valence-electron chi connectivity index (χ2n) is 4.17. The lowest BCUT2D eigenvalue weighted by Gasteiger charge is -2.29. The maximum Gasteiger partial charge on any atom is 0.459 e. The first kappa shape index (κ1) is 18.6. The Hall–Kier alpha value is -0.353. The summed E-state index contributed by atoms with van der Waals surface area (Å²) in [6.45, 7) is 1.49. The molecule has 0 aliphatic heterocycles. The van der Waals surface area contributed by atoms with Gasteiger partial charge in [0.15, 0.2) is 0 Å². The van der Waals surface area contributed by atoms with Gasteiger partial charge in [0, 0.05) is 20.6 Å². The third-order valence-electron chi connectivity index (χ3n) is 2.80. The molecular formula is C9H15F7O2Si. The summed E-state index contributed by atoms with van der Waals surface area (Å²) in [5.41, 5.74) is 0. The molecule has 0 aromatic heterocycles. The van der Waals surface area contributed by atoms with Crippen LogP contribution in [-0.2, 0) is 8.85 Å². The van der Waals surface area contributed by atoms with Gasteiger partial charge >= 0.3 is 26.6 Å². The summed E-state index contributed by atoms with van der Waals surface area (Å²) in [6.07, 6.45) is -8.42. The van der Waals surface area contributed by atoms with E-state index in [4.69, 9.17) is 8.85 Å². The molecule has 0 aromatic rings. The van der Waals surface area contributed by atoms with E-state index in [9.17, 15) is 30.7 Å². The van der Waals surface area contributed by atoms with Crippen LogP contribution in [0.25, 0.3) is 0 Å². The summed E-state index contributed by atoms with van der Waals surface area (Å²) < 4.78 is 96.4. The van der Waals surface area contributed by atoms with Crippen molar-refractivity contribution in [1.82, 2.24) is 0 Å². The summed E-state index contributed by atoms with van der Waals surface area (Å²) in [5.74, 6) is -11.2. The van der Waals surface area contributed by atoms with Crippen LogP contribution in [0.15, 0.2) is 0 Å². The molecule has 116 valence electrons. The van der Waals surface area contributed by atoms with Gasteiger partial charge in [-0.05, 0) is 19.0 Å². The zero-order chi connectivity index (χ0) is 15.5. The Morgan fingerprint density at radius 1 is 0.895 bits per heavy atom. The lowest BCUT2D eigenvalue weighted by molar-refractivity contribution is -0.355. The van der Waals surface area contributed by atoms with Crippen LogP contribution in [0.1, 0.15) is 12.8 Å². The Morgan fingerprint density at radius 3 is 1.63 bits per heavy atom. The fourth-order valence-electron chi connectivity index (χ4n) is 1.28. The quantitative estimate of drug-likeness (QED) is 0.523. The van der Waals surface area contributed by atoms with Gasteiger partial charge in [-0.3, -0.25) is 0 Å². The summed E-state index contributed by atoms with van der Waals surface area (Å²) >= 11 is 0. The molecule has 0 heterocycles. The van der Waals surface area contributed by atoms with Crippen LogP contribution in [0.4, 0.5) is 30.7 Å². The van der Waals surface area contributed by atoms with Crippen LogP contribution in [0.5, 0.6) is 0 Å². The first-order valence-electron chi connectivity index (χ1n) is 5.25. The molecule has 0 fully saturated rings. The lowest BCUT2D eigenvalue weighted by Crippen LogP contribution is -2.52. The zero-order valence-electron chi connectivity index (χ0n) is 10.6. The zero-order valence-corrected chi connectivity index (χ0v) is 11.6. The monoisotopic (exact) mass is 316 g/mol. The van der Waals surface area contributed by atoms with E-state index in [0.717, 1.165) is 0 Å². The van der Waals surface area contributed by atoms with Crippen molar-refractivity contribution >= 4 is 8.56 Å². The number of rotatable bonds is 7. The SMILES string of the molecule is CO[Si](C)(CCCC(F)(F)C(F)(F)C(F)(F)F)OC. The van der Waals surface area contributed by atoms with Crippen LogP contribution in [0.2, 0.25) is 12.6 Å². The molecule has 0 saturated carbocycles. The van der Waals surface area contributed by atoms with Crippen molar-refractivity contribution < 1.29 is 39.6 Å². The number of hydrogen-bond acceptors (Lipinski definition) is 2. The molecule has 0 rings (SSSR count). The van der Waals surface area contributed by atoms with Crippen LogP contribution in [0, 0.1) is 0 Å². The van der Waals surface area contributed by atoms with E-state index in [1.54, 1.807) is 0 Å². The molecule has 2 nitrogen and oxygen atoms in total. The van der Waals surface area contributed by atoms with Gasteiger partial charge in [0.2, 0.25) is 0 Å². The highest BCUT2D eigenvalue weighted by molar-refractivity contribution is 6.65. The van der Waals surface area contributed by atoms with E-state index in [-0.39, 0.29) is 6.04 Å². The molecule has 0 bridgehead atoms. The van der Waals surface area contributed by atoms with E-state index < -0.39 is 39.4 Å². The summed E-state index contributed by atoms with van der Waals surface area (Å²) in [6, 6.07) is -0.108. The van der Waals surface area contributed by atoms with Crippen molar-refractivity contribution in [3.05, 3.63) is 0 Å². The van der Waals surface area contributed by atoms with E-state index in [1.165, 1.54) is 20.8 Å². The molecule has 0 radical (unpaired) electrons. The topological polar surface area (TPSA) is 18.5 Å². The standard InChI is InChI=1S/C9H15F7O2Si/c1-17-19(3,18-2)6-4-5-7(10,11)8(12,13)9(14,15)16/h4-6H2,1-3H3. The van der Waals surface area contributed by atoms with Gasteiger partial charge in [0.25, 0.3) is 0 Å². The first-order valence-corrected chi connectivity index (χ1v) is 7.78. The van der Waals surface area contributed by atoms with Crippen molar-refractivity contribution in [1.29, 1.82) is 0 Å². The van der Waals surface area contributed by atoms with Gasteiger partial charge in [-0.15, -0.1) is 0 Å². The summed E-state index contributed by atoms with van der Waals surface area (Å²) in [5, 5.41) is 0. The van der Waals surface area contributed by atoms with Crippen molar-refractivity contribution in [2.45, 2.75) is 43.5 Å². The first-order chi connectivity index (χ1) is 8.33. The highest BCUT2D eigenvalue weighted by Crippen LogP contribution is 2.48. The Kier molecular flexibility index (Phi) is 5.85. The Balaban J connectivity index is 4.64. The molecule has 0 atom stereocenters. The summed E-state index contributed by atoms with van der Waals surface area (Å²) in [7, 11) is -0.237. The fourth-order valence-corrected chi connectivity index (χ4v) is 2.68. The third kappa shape index (κ3) is 4.31. The Bertz CT molecular complexity index is 289. The van der Waals surface area contributed by atoms with Gasteiger partial charge in [0.05, 0.1) is 0 Å². The molecular weight excluding hydrogens is 301 g/mol. The maximum absolute atomic E-state index is 12.9. The average molecular weight is 316 g/mol. The predicted octanol–water partition coefficient (Wildman–Crippen LogP) is 3.96. The molecule has 0 unspecified atom stereocenters. The predicted molar refractivity (Wildman–Crippen MR) is 55.6 cm³/mol. The largest absolute Gasteiger partial charge is 0.459 e. The van der Waals surface area contributed by atoms with E-state index in [2.05, 4.69) is 0 Å². The normalized spacial score (nSPS) is 14.8. The average Bonchev–Trinajstić information content (AvgIpc) is 2.26. The second-order valence-corrected chi connectivity index (χ2v) is 7.76. The molecule has 0 N–H and O–H groups in total. The maximum atomic E-state index is 12.9. The van der Waals surface area contributed by atoms with Crippen LogP contribution >= 0.6 is 0 Å². The lowest BCUT2D eigenvalue weighted by atomic mass is 10.1. The number of halogens is 7. The molecule has 19 heavy (non-hydrogen) atoms. The van der Waals surface area contributed by atoms with E-state index >= 15 is 0 Å². The van der Waals surface area contributed by atoms with Crippen molar-refractivity contribution in [2.24, 2.45) is 0 Å². The molecule has 0 aromatic carbocycles. The number of hydrogen-bond donors (Lipinski definition) is 0. The van der Waals surface area contributed by atoms with Gasteiger partial charge in [-0.1, -0.05) is 0 Å². The molecule has 0 aliphatic carbocycles. The minimum absolute atomic E-state index is 0.108. The Morgan fingerprint density at radius 2 is 1.32 bits per heavy atom. The van der Waals surface area contributed by atoms with Crippen molar-refractivity contribution in [3.63, 3.8) is 0 Å². The Labute approximate surface area is 107 Å². The van der Waals surface area contributed by atoms with Gasteiger partial charge in [0.1, 0.15) is 0 Å². The van der Waals surface area contributed by atoms with Crippen LogP contribution < -0.4 is 0 Å². The minimum atomic E-state index is -6.28. The fraction of sp³-hybridized carbons (Fsp3) is 1.00. The van der Waals surface area contributed by atoms with Crippen molar-refractivity contribution in [3.8, 4) is 0 Å². The minimum Gasteiger partial charge on any atom is -0.398 e. The third-order valence-corrected chi connectivity index (χ3v) is 5.79. The molecule has 0 spiro atoms. The highest BCUT2D eigenvalue weighted by Gasteiger charge is 2.72. The molecule has 0 aliphatic rings. The van der Waals surface area contributed by atoms with Gasteiger partial charge in [-0.25, -0.2) is 0 Å². The summed E-state index contributed by atoms with van der Waals surface area (Å²) in [4.78, 5) is 0. The second kappa shape index (κ2) is 5.96. The smallest absolute Gasteiger partial charge is 0.398 e. The van der Waals surface area contributed by atoms with E-state index in [0.29, 0.717) is 0 Å². The van der Waals surface area contributed by atoms with E-state index in [1.807, 2.05) is 0 Å². The van der Waals surface area contributed by atoms with Crippen LogP contribution in [-0.4, -0.2) is 40.8 Å². The van der Waals surface area contributed by atoms with Gasteiger partial charge < -0.3 is 8.85 Å². The van der Waals surface area contributed by atoms with Gasteiger partial charge in [-0.2, -0.15) is 30.7 Å². The molecule has 0 saturated heterocycles. The molecule has 10 heteroatoms. The van der Waals surface area contributed by atoms with Crippen LogP contribution in [0.3, 0.4) is 0 Å². The molecule has 0 amide bonds.